The Morgan fingerprint density at radius 2 is 1.71 bits per heavy atom. The first-order valence-electron chi connectivity index (χ1n) is 7.02. The van der Waals surface area contributed by atoms with Crippen molar-refractivity contribution in [3.8, 4) is 11.1 Å². The van der Waals surface area contributed by atoms with Crippen LogP contribution in [0.5, 0.6) is 0 Å². The summed E-state index contributed by atoms with van der Waals surface area (Å²) in [7, 11) is 0. The van der Waals surface area contributed by atoms with Crippen LogP contribution in [0.2, 0.25) is 10.0 Å². The van der Waals surface area contributed by atoms with E-state index in [1.807, 2.05) is 36.4 Å². The van der Waals surface area contributed by atoms with Gasteiger partial charge in [-0.15, -0.1) is 0 Å². The number of pyridine rings is 1. The standard InChI is InChI=1S/C18H11Cl2FN2O/c19-14-9-15(20)16(21)8-13(14)18(24)23-17-7-6-12(10-22-17)11-4-2-1-3-5-11/h1-10H,(H,22,23,24). The highest BCUT2D eigenvalue weighted by molar-refractivity contribution is 6.37. The summed E-state index contributed by atoms with van der Waals surface area (Å²) in [5, 5.41) is 2.51. The first-order chi connectivity index (χ1) is 11.5. The van der Waals surface area contributed by atoms with Crippen LogP contribution in [0.3, 0.4) is 0 Å². The van der Waals surface area contributed by atoms with Crippen LogP contribution in [0.25, 0.3) is 11.1 Å². The van der Waals surface area contributed by atoms with Gasteiger partial charge in [-0.3, -0.25) is 4.79 Å². The van der Waals surface area contributed by atoms with E-state index in [0.717, 1.165) is 17.2 Å². The molecule has 1 heterocycles. The van der Waals surface area contributed by atoms with Gasteiger partial charge in [0.25, 0.3) is 5.91 Å². The van der Waals surface area contributed by atoms with Crippen molar-refractivity contribution >= 4 is 34.9 Å². The predicted molar refractivity (Wildman–Crippen MR) is 94.0 cm³/mol. The molecule has 3 nitrogen and oxygen atoms in total. The van der Waals surface area contributed by atoms with E-state index < -0.39 is 11.7 Å². The van der Waals surface area contributed by atoms with Gasteiger partial charge in [-0.2, -0.15) is 0 Å². The summed E-state index contributed by atoms with van der Waals surface area (Å²) < 4.78 is 13.5. The zero-order chi connectivity index (χ0) is 17.1. The molecule has 0 spiro atoms. The molecule has 0 atom stereocenters. The van der Waals surface area contributed by atoms with Gasteiger partial charge in [-0.05, 0) is 29.8 Å². The van der Waals surface area contributed by atoms with Crippen LogP contribution in [0, 0.1) is 5.82 Å². The molecule has 1 amide bonds. The lowest BCUT2D eigenvalue weighted by molar-refractivity contribution is 0.102. The number of carbonyl (C=O) groups is 1. The molecule has 0 aliphatic heterocycles. The summed E-state index contributed by atoms with van der Waals surface area (Å²) in [5.41, 5.74) is 1.93. The minimum atomic E-state index is -0.710. The molecule has 1 aromatic heterocycles. The van der Waals surface area contributed by atoms with E-state index in [-0.39, 0.29) is 15.6 Å². The highest BCUT2D eigenvalue weighted by atomic mass is 35.5. The number of nitrogens with zero attached hydrogens (tertiary/aromatic N) is 1. The Morgan fingerprint density at radius 1 is 0.958 bits per heavy atom. The Kier molecular flexibility index (Phi) is 4.79. The van der Waals surface area contributed by atoms with Gasteiger partial charge >= 0.3 is 0 Å². The van der Waals surface area contributed by atoms with Crippen molar-refractivity contribution in [1.29, 1.82) is 0 Å². The summed E-state index contributed by atoms with van der Waals surface area (Å²) in [6.07, 6.45) is 1.65. The highest BCUT2D eigenvalue weighted by Crippen LogP contribution is 2.25. The van der Waals surface area contributed by atoms with E-state index in [2.05, 4.69) is 10.3 Å². The van der Waals surface area contributed by atoms with Gasteiger partial charge in [0.05, 0.1) is 15.6 Å². The third kappa shape index (κ3) is 3.55. The number of amides is 1. The fraction of sp³-hybridized carbons (Fsp3) is 0. The van der Waals surface area contributed by atoms with Gasteiger partial charge in [0, 0.05) is 11.8 Å². The lowest BCUT2D eigenvalue weighted by atomic mass is 10.1. The average molecular weight is 361 g/mol. The molecule has 0 saturated heterocycles. The smallest absolute Gasteiger partial charge is 0.258 e. The molecule has 120 valence electrons. The average Bonchev–Trinajstić information content (AvgIpc) is 2.59. The first kappa shape index (κ1) is 16.4. The molecule has 1 N–H and O–H groups in total. The molecule has 0 aliphatic rings. The molecule has 0 saturated carbocycles. The normalized spacial score (nSPS) is 10.5. The van der Waals surface area contributed by atoms with Crippen LogP contribution in [0.15, 0.2) is 60.8 Å². The van der Waals surface area contributed by atoms with Gasteiger partial charge in [-0.25, -0.2) is 9.37 Å². The van der Waals surface area contributed by atoms with Crippen molar-refractivity contribution in [2.24, 2.45) is 0 Å². The molecule has 0 fully saturated rings. The molecule has 0 bridgehead atoms. The maximum atomic E-state index is 13.5. The number of rotatable bonds is 3. The van der Waals surface area contributed by atoms with Crippen molar-refractivity contribution < 1.29 is 9.18 Å². The van der Waals surface area contributed by atoms with E-state index in [1.165, 1.54) is 6.07 Å². The molecule has 0 unspecified atom stereocenters. The number of halogens is 3. The summed E-state index contributed by atoms with van der Waals surface area (Å²) in [4.78, 5) is 16.4. The second-order valence-corrected chi connectivity index (χ2v) is 5.81. The second-order valence-electron chi connectivity index (χ2n) is 5.00. The number of hydrogen-bond acceptors (Lipinski definition) is 2. The van der Waals surface area contributed by atoms with E-state index >= 15 is 0 Å². The van der Waals surface area contributed by atoms with Gasteiger partial charge in [-0.1, -0.05) is 53.5 Å². The van der Waals surface area contributed by atoms with Gasteiger partial charge in [0.1, 0.15) is 11.6 Å². The van der Waals surface area contributed by atoms with Crippen LogP contribution in [-0.4, -0.2) is 10.9 Å². The second kappa shape index (κ2) is 6.99. The number of anilines is 1. The highest BCUT2D eigenvalue weighted by Gasteiger charge is 2.15. The molecule has 6 heteroatoms. The van der Waals surface area contributed by atoms with Gasteiger partial charge in [0.15, 0.2) is 0 Å². The number of nitrogens with one attached hydrogen (secondary N) is 1. The largest absolute Gasteiger partial charge is 0.307 e. The first-order valence-corrected chi connectivity index (χ1v) is 7.77. The lowest BCUT2D eigenvalue weighted by Crippen LogP contribution is -2.13. The maximum Gasteiger partial charge on any atom is 0.258 e. The van der Waals surface area contributed by atoms with E-state index in [4.69, 9.17) is 23.2 Å². The summed E-state index contributed by atoms with van der Waals surface area (Å²) >= 11 is 11.6. The SMILES string of the molecule is O=C(Nc1ccc(-c2ccccc2)cn1)c1cc(F)c(Cl)cc1Cl. The summed E-state index contributed by atoms with van der Waals surface area (Å²) in [6.45, 7) is 0. The van der Waals surface area contributed by atoms with E-state index in [9.17, 15) is 9.18 Å². The Balaban J connectivity index is 1.79. The predicted octanol–water partition coefficient (Wildman–Crippen LogP) is 5.45. The zero-order valence-electron chi connectivity index (χ0n) is 12.3. The molecular formula is C18H11Cl2FN2O. The zero-order valence-corrected chi connectivity index (χ0v) is 13.8. The third-order valence-corrected chi connectivity index (χ3v) is 3.97. The molecule has 3 aromatic rings. The number of aromatic nitrogens is 1. The number of hydrogen-bond donors (Lipinski definition) is 1. The quantitative estimate of drug-likeness (QED) is 0.631. The summed E-state index contributed by atoms with van der Waals surface area (Å²) in [5.74, 6) is -0.930. The topological polar surface area (TPSA) is 42.0 Å². The van der Waals surface area contributed by atoms with E-state index in [0.29, 0.717) is 5.82 Å². The minimum absolute atomic E-state index is 0.00694. The summed E-state index contributed by atoms with van der Waals surface area (Å²) in [6, 6.07) is 15.4. The number of benzene rings is 2. The molecule has 2 aromatic carbocycles. The Hall–Kier alpha value is -2.43. The van der Waals surface area contributed by atoms with Crippen molar-refractivity contribution in [2.45, 2.75) is 0 Å². The molecule has 24 heavy (non-hydrogen) atoms. The van der Waals surface area contributed by atoms with Crippen LogP contribution < -0.4 is 5.32 Å². The molecule has 0 radical (unpaired) electrons. The maximum absolute atomic E-state index is 13.5. The fourth-order valence-corrected chi connectivity index (χ4v) is 2.62. The van der Waals surface area contributed by atoms with Crippen molar-refractivity contribution in [3.05, 3.63) is 82.2 Å². The monoisotopic (exact) mass is 360 g/mol. The lowest BCUT2D eigenvalue weighted by Gasteiger charge is -2.08. The Bertz CT molecular complexity index is 884. The molecule has 3 rings (SSSR count). The van der Waals surface area contributed by atoms with Gasteiger partial charge in [0.2, 0.25) is 0 Å². The minimum Gasteiger partial charge on any atom is -0.307 e. The van der Waals surface area contributed by atoms with Crippen LogP contribution in [0.4, 0.5) is 10.2 Å². The third-order valence-electron chi connectivity index (χ3n) is 3.37. The molecule has 0 aliphatic carbocycles. The Morgan fingerprint density at radius 3 is 2.38 bits per heavy atom. The Labute approximate surface area is 148 Å². The van der Waals surface area contributed by atoms with Crippen LogP contribution in [0.1, 0.15) is 10.4 Å². The van der Waals surface area contributed by atoms with Crippen molar-refractivity contribution in [2.75, 3.05) is 5.32 Å². The number of carbonyl (C=O) groups excluding carboxylic acids is 1. The fourth-order valence-electron chi connectivity index (χ4n) is 2.15. The van der Waals surface area contributed by atoms with Crippen LogP contribution >= 0.6 is 23.2 Å². The van der Waals surface area contributed by atoms with Gasteiger partial charge < -0.3 is 5.32 Å². The van der Waals surface area contributed by atoms with Crippen LogP contribution in [-0.2, 0) is 0 Å². The molecular weight excluding hydrogens is 350 g/mol. The van der Waals surface area contributed by atoms with E-state index in [1.54, 1.807) is 12.3 Å². The van der Waals surface area contributed by atoms with Crippen molar-refractivity contribution in [3.63, 3.8) is 0 Å². The van der Waals surface area contributed by atoms with Crippen molar-refractivity contribution in [1.82, 2.24) is 4.98 Å².